The van der Waals surface area contributed by atoms with E-state index in [1.54, 1.807) is 14.2 Å². The van der Waals surface area contributed by atoms with Crippen molar-refractivity contribution in [1.82, 2.24) is 5.32 Å². The van der Waals surface area contributed by atoms with E-state index >= 15 is 0 Å². The van der Waals surface area contributed by atoms with Crippen molar-refractivity contribution in [3.63, 3.8) is 0 Å². The minimum atomic E-state index is -0.0289. The summed E-state index contributed by atoms with van der Waals surface area (Å²) in [5.41, 5.74) is 7.73. The predicted octanol–water partition coefficient (Wildman–Crippen LogP) is 2.09. The summed E-state index contributed by atoms with van der Waals surface area (Å²) < 4.78 is 10.8. The fourth-order valence-electron chi connectivity index (χ4n) is 2.99. The second-order valence-corrected chi connectivity index (χ2v) is 5.33. The lowest BCUT2D eigenvalue weighted by molar-refractivity contribution is 0.0933. The summed E-state index contributed by atoms with van der Waals surface area (Å²) in [6, 6.07) is 5.80. The normalized spacial score (nSPS) is 18.5. The Bertz CT molecular complexity index is 430. The highest BCUT2D eigenvalue weighted by Gasteiger charge is 2.43. The molecule has 106 valence electrons. The molecule has 4 nitrogen and oxygen atoms in total. The molecule has 0 spiro atoms. The van der Waals surface area contributed by atoms with Gasteiger partial charge in [0.2, 0.25) is 0 Å². The third-order valence-corrected chi connectivity index (χ3v) is 4.31. The van der Waals surface area contributed by atoms with Gasteiger partial charge in [0.25, 0.3) is 0 Å². The topological polar surface area (TPSA) is 56.5 Å². The first-order chi connectivity index (χ1) is 9.16. The van der Waals surface area contributed by atoms with Gasteiger partial charge in [-0.05, 0) is 38.1 Å². The molecule has 1 aliphatic rings. The van der Waals surface area contributed by atoms with Gasteiger partial charge in [0.15, 0.2) is 0 Å². The van der Waals surface area contributed by atoms with Crippen LogP contribution in [0.15, 0.2) is 18.2 Å². The lowest BCUT2D eigenvalue weighted by Crippen LogP contribution is -2.47. The zero-order valence-electron chi connectivity index (χ0n) is 12.0. The van der Waals surface area contributed by atoms with Crippen molar-refractivity contribution in [1.29, 1.82) is 0 Å². The Labute approximate surface area is 115 Å². The van der Waals surface area contributed by atoms with Gasteiger partial charge in [0.1, 0.15) is 11.5 Å². The lowest BCUT2D eigenvalue weighted by Gasteiger charge is -2.46. The quantitative estimate of drug-likeness (QED) is 0.826. The van der Waals surface area contributed by atoms with E-state index in [1.165, 1.54) is 6.42 Å². The van der Waals surface area contributed by atoms with E-state index in [4.69, 9.17) is 15.2 Å². The minimum Gasteiger partial charge on any atom is -0.497 e. The highest BCUT2D eigenvalue weighted by Crippen LogP contribution is 2.50. The summed E-state index contributed by atoms with van der Waals surface area (Å²) >= 11 is 0. The Balaban J connectivity index is 2.33. The van der Waals surface area contributed by atoms with E-state index in [0.29, 0.717) is 0 Å². The van der Waals surface area contributed by atoms with Gasteiger partial charge in [0.05, 0.1) is 14.2 Å². The Kier molecular flexibility index (Phi) is 4.32. The van der Waals surface area contributed by atoms with Gasteiger partial charge in [-0.3, -0.25) is 0 Å². The molecule has 3 N–H and O–H groups in total. The smallest absolute Gasteiger partial charge is 0.123 e. The van der Waals surface area contributed by atoms with Crippen molar-refractivity contribution in [3.8, 4) is 11.5 Å². The molecule has 0 radical (unpaired) electrons. The maximum absolute atomic E-state index is 6.55. The van der Waals surface area contributed by atoms with E-state index < -0.39 is 0 Å². The Morgan fingerprint density at radius 1 is 1.32 bits per heavy atom. The van der Waals surface area contributed by atoms with Crippen LogP contribution in [0.5, 0.6) is 11.5 Å². The second-order valence-electron chi connectivity index (χ2n) is 5.33. The average molecular weight is 264 g/mol. The van der Waals surface area contributed by atoms with E-state index in [9.17, 15) is 0 Å². The van der Waals surface area contributed by atoms with Crippen LogP contribution >= 0.6 is 0 Å². The molecule has 4 heteroatoms. The number of rotatable bonds is 6. The molecule has 1 unspecified atom stereocenters. The van der Waals surface area contributed by atoms with Crippen LogP contribution in [0.2, 0.25) is 0 Å². The fourth-order valence-corrected chi connectivity index (χ4v) is 2.99. The van der Waals surface area contributed by atoms with Crippen LogP contribution < -0.4 is 20.5 Å². The number of benzene rings is 1. The molecule has 1 atom stereocenters. The molecule has 1 aliphatic carbocycles. The summed E-state index contributed by atoms with van der Waals surface area (Å²) in [4.78, 5) is 0. The van der Waals surface area contributed by atoms with Crippen LogP contribution in [0, 0.1) is 5.41 Å². The first kappa shape index (κ1) is 14.2. The van der Waals surface area contributed by atoms with Crippen LogP contribution in [0.25, 0.3) is 0 Å². The maximum Gasteiger partial charge on any atom is 0.123 e. The summed E-state index contributed by atoms with van der Waals surface area (Å²) in [6.45, 7) is 0.939. The number of hydrogen-bond acceptors (Lipinski definition) is 4. The van der Waals surface area contributed by atoms with Gasteiger partial charge in [-0.25, -0.2) is 0 Å². The number of nitrogens with two attached hydrogens (primary N) is 1. The molecule has 0 heterocycles. The van der Waals surface area contributed by atoms with Crippen LogP contribution in [0.3, 0.4) is 0 Å². The summed E-state index contributed by atoms with van der Waals surface area (Å²) in [5.74, 6) is 1.67. The van der Waals surface area contributed by atoms with Crippen LogP contribution in [0.4, 0.5) is 0 Å². The highest BCUT2D eigenvalue weighted by atomic mass is 16.5. The molecule has 0 saturated heterocycles. The van der Waals surface area contributed by atoms with Crippen molar-refractivity contribution in [2.45, 2.75) is 25.3 Å². The van der Waals surface area contributed by atoms with E-state index in [0.717, 1.165) is 36.4 Å². The molecular formula is C15H24N2O2. The van der Waals surface area contributed by atoms with Crippen molar-refractivity contribution in [2.75, 3.05) is 27.8 Å². The van der Waals surface area contributed by atoms with Crippen molar-refractivity contribution in [3.05, 3.63) is 23.8 Å². The van der Waals surface area contributed by atoms with Crippen molar-refractivity contribution >= 4 is 0 Å². The van der Waals surface area contributed by atoms with Gasteiger partial charge in [-0.1, -0.05) is 6.42 Å². The average Bonchev–Trinajstić information content (AvgIpc) is 2.41. The zero-order valence-corrected chi connectivity index (χ0v) is 12.0. The maximum atomic E-state index is 6.55. The minimum absolute atomic E-state index is 0.0289. The molecule has 1 aromatic rings. The van der Waals surface area contributed by atoms with E-state index in [2.05, 4.69) is 5.32 Å². The lowest BCUT2D eigenvalue weighted by atomic mass is 9.62. The molecule has 0 amide bonds. The Morgan fingerprint density at radius 3 is 2.53 bits per heavy atom. The largest absolute Gasteiger partial charge is 0.497 e. The zero-order chi connectivity index (χ0) is 13.9. The van der Waals surface area contributed by atoms with E-state index in [1.807, 2.05) is 25.2 Å². The number of ether oxygens (including phenoxy) is 2. The standard InChI is InChI=1S/C15H24N2O2/c1-17-10-15(7-4-8-15)14(16)12-9-11(18-2)5-6-13(12)19-3/h5-6,9,14,17H,4,7-8,10,16H2,1-3H3. The van der Waals surface area contributed by atoms with Crippen LogP contribution in [-0.2, 0) is 0 Å². The molecule has 0 aliphatic heterocycles. The molecule has 19 heavy (non-hydrogen) atoms. The first-order valence-corrected chi connectivity index (χ1v) is 6.79. The monoisotopic (exact) mass is 264 g/mol. The number of methoxy groups -OCH3 is 2. The van der Waals surface area contributed by atoms with Crippen LogP contribution in [-0.4, -0.2) is 27.8 Å². The van der Waals surface area contributed by atoms with Gasteiger partial charge in [-0.15, -0.1) is 0 Å². The van der Waals surface area contributed by atoms with Crippen molar-refractivity contribution < 1.29 is 9.47 Å². The first-order valence-electron chi connectivity index (χ1n) is 6.79. The van der Waals surface area contributed by atoms with Crippen molar-refractivity contribution in [2.24, 2.45) is 11.1 Å². The Hall–Kier alpha value is -1.26. The van der Waals surface area contributed by atoms with Gasteiger partial charge >= 0.3 is 0 Å². The van der Waals surface area contributed by atoms with E-state index in [-0.39, 0.29) is 11.5 Å². The number of hydrogen-bond donors (Lipinski definition) is 2. The van der Waals surface area contributed by atoms with Crippen LogP contribution in [0.1, 0.15) is 30.9 Å². The number of nitrogens with one attached hydrogen (secondary N) is 1. The SMILES string of the molecule is CNCC1(C(N)c2cc(OC)ccc2OC)CCC1. The molecule has 0 aromatic heterocycles. The Morgan fingerprint density at radius 2 is 2.05 bits per heavy atom. The van der Waals surface area contributed by atoms with Gasteiger partial charge < -0.3 is 20.5 Å². The third kappa shape index (κ3) is 2.55. The molecule has 1 fully saturated rings. The molecular weight excluding hydrogens is 240 g/mol. The summed E-state index contributed by atoms with van der Waals surface area (Å²) in [7, 11) is 5.34. The molecule has 2 rings (SSSR count). The fraction of sp³-hybridized carbons (Fsp3) is 0.600. The third-order valence-electron chi connectivity index (χ3n) is 4.31. The summed E-state index contributed by atoms with van der Waals surface area (Å²) in [5, 5.41) is 3.28. The molecule has 1 saturated carbocycles. The summed E-state index contributed by atoms with van der Waals surface area (Å²) in [6.07, 6.45) is 3.58. The second kappa shape index (κ2) is 5.80. The molecule has 0 bridgehead atoms. The predicted molar refractivity (Wildman–Crippen MR) is 76.7 cm³/mol. The van der Waals surface area contributed by atoms with Gasteiger partial charge in [0, 0.05) is 23.6 Å². The molecule has 1 aromatic carbocycles. The highest BCUT2D eigenvalue weighted by molar-refractivity contribution is 5.43. The van der Waals surface area contributed by atoms with Gasteiger partial charge in [-0.2, -0.15) is 0 Å².